The third kappa shape index (κ3) is 4.10. The number of aromatic nitrogens is 3. The number of hydrogen-bond donors (Lipinski definition) is 0. The summed E-state index contributed by atoms with van der Waals surface area (Å²) in [4.78, 5) is 18.3. The molecule has 1 fully saturated rings. The van der Waals surface area contributed by atoms with Crippen LogP contribution in [-0.4, -0.2) is 46.9 Å². The molecule has 0 radical (unpaired) electrons. The van der Waals surface area contributed by atoms with Crippen molar-refractivity contribution in [3.05, 3.63) is 58.4 Å². The number of carbonyl (C=O) groups is 1. The Kier molecular flexibility index (Phi) is 5.49. The lowest BCUT2D eigenvalue weighted by atomic mass is 9.99. The number of hydrogen-bond acceptors (Lipinski definition) is 6. The van der Waals surface area contributed by atoms with Gasteiger partial charge < -0.3 is 14.4 Å². The number of imidazole rings is 1. The first kappa shape index (κ1) is 19.4. The predicted molar refractivity (Wildman–Crippen MR) is 110 cm³/mol. The number of nitrogens with zero attached hydrogens (tertiary/aromatic N) is 4. The number of esters is 1. The zero-order chi connectivity index (χ0) is 20.4. The molecule has 29 heavy (non-hydrogen) atoms. The number of anilines is 1. The molecule has 0 amide bonds. The van der Waals surface area contributed by atoms with Crippen molar-refractivity contribution in [2.24, 2.45) is 0 Å². The molecule has 0 bridgehead atoms. The summed E-state index contributed by atoms with van der Waals surface area (Å²) in [5.74, 6) is 0.584. The van der Waals surface area contributed by atoms with E-state index in [1.165, 1.54) is 23.6 Å². The fourth-order valence-corrected chi connectivity index (χ4v) is 3.62. The first-order chi connectivity index (χ1) is 14.0. The fourth-order valence-electron chi connectivity index (χ4n) is 3.62. The van der Waals surface area contributed by atoms with E-state index in [1.54, 1.807) is 0 Å². The van der Waals surface area contributed by atoms with Crippen LogP contribution in [0.4, 0.5) is 5.82 Å². The molecule has 1 saturated heterocycles. The van der Waals surface area contributed by atoms with E-state index in [1.807, 2.05) is 16.6 Å². The molecule has 0 atom stereocenters. The Morgan fingerprint density at radius 1 is 1.17 bits per heavy atom. The Labute approximate surface area is 170 Å². The van der Waals surface area contributed by atoms with Gasteiger partial charge in [0.15, 0.2) is 5.65 Å². The third-order valence-electron chi connectivity index (χ3n) is 5.46. The van der Waals surface area contributed by atoms with Gasteiger partial charge in [0.2, 0.25) is 0 Å². The molecule has 1 aromatic carbocycles. The molecule has 152 valence electrons. The lowest BCUT2D eigenvalue weighted by Gasteiger charge is -2.27. The quantitative estimate of drug-likeness (QED) is 0.620. The van der Waals surface area contributed by atoms with E-state index in [4.69, 9.17) is 19.6 Å². The summed E-state index contributed by atoms with van der Waals surface area (Å²) in [6, 6.07) is 10.3. The molecule has 7 heteroatoms. The number of morpholine rings is 1. The van der Waals surface area contributed by atoms with Crippen LogP contribution in [0.3, 0.4) is 0 Å². The molecule has 3 heterocycles. The van der Waals surface area contributed by atoms with E-state index in [9.17, 15) is 4.79 Å². The van der Waals surface area contributed by atoms with Crippen LogP contribution >= 0.6 is 0 Å². The number of ether oxygens (including phenoxy) is 2. The van der Waals surface area contributed by atoms with Crippen molar-refractivity contribution in [3.8, 4) is 0 Å². The Hall–Kier alpha value is -2.93. The van der Waals surface area contributed by atoms with Gasteiger partial charge in [-0.25, -0.2) is 9.50 Å². The van der Waals surface area contributed by atoms with E-state index in [0.717, 1.165) is 35.9 Å². The summed E-state index contributed by atoms with van der Waals surface area (Å²) in [7, 11) is 0. The van der Waals surface area contributed by atoms with Crippen molar-refractivity contribution in [2.75, 3.05) is 31.2 Å². The highest BCUT2D eigenvalue weighted by atomic mass is 16.5. The molecule has 0 unspecified atom stereocenters. The molecule has 1 aliphatic rings. The van der Waals surface area contributed by atoms with Crippen LogP contribution in [0.5, 0.6) is 0 Å². The first-order valence-corrected chi connectivity index (χ1v) is 9.91. The maximum Gasteiger partial charge on any atom is 0.303 e. The highest BCUT2D eigenvalue weighted by Crippen LogP contribution is 2.23. The second-order valence-corrected chi connectivity index (χ2v) is 7.38. The SMILES string of the molecule is CC(=O)OCc1nc2ccc(N3CCOCC3)nn2c1Cc1cccc(C)c1C. The van der Waals surface area contributed by atoms with Gasteiger partial charge in [-0.1, -0.05) is 18.2 Å². The number of rotatable bonds is 5. The number of carbonyl (C=O) groups excluding carboxylic acids is 1. The molecule has 2 aromatic heterocycles. The normalized spacial score (nSPS) is 14.4. The maximum atomic E-state index is 11.4. The van der Waals surface area contributed by atoms with Crippen molar-refractivity contribution >= 4 is 17.4 Å². The summed E-state index contributed by atoms with van der Waals surface area (Å²) < 4.78 is 12.6. The molecule has 7 nitrogen and oxygen atoms in total. The van der Waals surface area contributed by atoms with E-state index >= 15 is 0 Å². The Balaban J connectivity index is 1.77. The van der Waals surface area contributed by atoms with Crippen LogP contribution in [-0.2, 0) is 27.3 Å². The second-order valence-electron chi connectivity index (χ2n) is 7.38. The van der Waals surface area contributed by atoms with Crippen molar-refractivity contribution < 1.29 is 14.3 Å². The Bertz CT molecular complexity index is 1040. The van der Waals surface area contributed by atoms with Gasteiger partial charge in [0, 0.05) is 26.4 Å². The van der Waals surface area contributed by atoms with Gasteiger partial charge in [0.1, 0.15) is 18.1 Å². The van der Waals surface area contributed by atoms with E-state index < -0.39 is 0 Å². The van der Waals surface area contributed by atoms with Gasteiger partial charge in [-0.05, 0) is 42.7 Å². The summed E-state index contributed by atoms with van der Waals surface area (Å²) >= 11 is 0. The van der Waals surface area contributed by atoms with Gasteiger partial charge in [-0.3, -0.25) is 4.79 Å². The molecule has 1 aliphatic heterocycles. The predicted octanol–water partition coefficient (Wildman–Crippen LogP) is 2.84. The van der Waals surface area contributed by atoms with Crippen molar-refractivity contribution in [3.63, 3.8) is 0 Å². The topological polar surface area (TPSA) is 69.0 Å². The highest BCUT2D eigenvalue weighted by molar-refractivity contribution is 5.66. The zero-order valence-corrected chi connectivity index (χ0v) is 17.1. The van der Waals surface area contributed by atoms with Gasteiger partial charge in [0.05, 0.1) is 18.9 Å². The van der Waals surface area contributed by atoms with Crippen LogP contribution in [0.25, 0.3) is 5.65 Å². The van der Waals surface area contributed by atoms with Crippen LogP contribution in [0.2, 0.25) is 0 Å². The minimum absolute atomic E-state index is 0.145. The summed E-state index contributed by atoms with van der Waals surface area (Å²) in [6.07, 6.45) is 0.671. The average molecular weight is 394 g/mol. The monoisotopic (exact) mass is 394 g/mol. The average Bonchev–Trinajstić information content (AvgIpc) is 3.07. The van der Waals surface area contributed by atoms with Gasteiger partial charge in [-0.2, -0.15) is 0 Å². The molecular formula is C22H26N4O3. The molecular weight excluding hydrogens is 368 g/mol. The van der Waals surface area contributed by atoms with Crippen LogP contribution in [0, 0.1) is 13.8 Å². The van der Waals surface area contributed by atoms with Crippen molar-refractivity contribution in [2.45, 2.75) is 33.8 Å². The summed E-state index contributed by atoms with van der Waals surface area (Å²) in [6.45, 7) is 8.85. The van der Waals surface area contributed by atoms with Gasteiger partial charge >= 0.3 is 5.97 Å². The molecule has 0 spiro atoms. The van der Waals surface area contributed by atoms with Crippen molar-refractivity contribution in [1.29, 1.82) is 0 Å². The minimum atomic E-state index is -0.318. The summed E-state index contributed by atoms with van der Waals surface area (Å²) in [5, 5.41) is 4.88. The molecule has 0 N–H and O–H groups in total. The van der Waals surface area contributed by atoms with Crippen LogP contribution < -0.4 is 4.90 Å². The minimum Gasteiger partial charge on any atom is -0.459 e. The molecule has 0 saturated carbocycles. The first-order valence-electron chi connectivity index (χ1n) is 9.91. The molecule has 0 aliphatic carbocycles. The highest BCUT2D eigenvalue weighted by Gasteiger charge is 2.19. The third-order valence-corrected chi connectivity index (χ3v) is 5.46. The zero-order valence-electron chi connectivity index (χ0n) is 17.1. The fraction of sp³-hybridized carbons (Fsp3) is 0.409. The van der Waals surface area contributed by atoms with Gasteiger partial charge in [0.25, 0.3) is 0 Å². The van der Waals surface area contributed by atoms with Crippen molar-refractivity contribution in [1.82, 2.24) is 14.6 Å². The van der Waals surface area contributed by atoms with E-state index in [-0.39, 0.29) is 12.6 Å². The lowest BCUT2D eigenvalue weighted by molar-refractivity contribution is -0.142. The largest absolute Gasteiger partial charge is 0.459 e. The number of fused-ring (bicyclic) bond motifs is 1. The van der Waals surface area contributed by atoms with Gasteiger partial charge in [-0.15, -0.1) is 5.10 Å². The Morgan fingerprint density at radius 3 is 2.72 bits per heavy atom. The lowest BCUT2D eigenvalue weighted by Crippen LogP contribution is -2.37. The summed E-state index contributed by atoms with van der Waals surface area (Å²) in [5.41, 5.74) is 6.17. The Morgan fingerprint density at radius 2 is 1.97 bits per heavy atom. The molecule has 3 aromatic rings. The standard InChI is InChI=1S/C22H26N4O3/c1-15-5-4-6-18(16(15)2)13-20-19(14-29-17(3)27)23-21-7-8-22(24-26(20)21)25-9-11-28-12-10-25/h4-8H,9-14H2,1-3H3. The smallest absolute Gasteiger partial charge is 0.303 e. The van der Waals surface area contributed by atoms with E-state index in [2.05, 4.69) is 36.9 Å². The number of aryl methyl sites for hydroxylation is 1. The van der Waals surface area contributed by atoms with E-state index in [0.29, 0.717) is 19.6 Å². The number of benzene rings is 1. The molecule has 4 rings (SSSR count). The van der Waals surface area contributed by atoms with Crippen LogP contribution in [0.15, 0.2) is 30.3 Å². The second kappa shape index (κ2) is 8.21. The maximum absolute atomic E-state index is 11.4. The van der Waals surface area contributed by atoms with Crippen LogP contribution in [0.1, 0.15) is 35.0 Å².